The van der Waals surface area contributed by atoms with Gasteiger partial charge >= 0.3 is 0 Å². The maximum Gasteiger partial charge on any atom is 0.0541 e. The van der Waals surface area contributed by atoms with Gasteiger partial charge in [0.25, 0.3) is 0 Å². The Morgan fingerprint density at radius 1 is 0.476 bits per heavy atom. The van der Waals surface area contributed by atoms with Crippen molar-refractivity contribution in [2.24, 2.45) is 0 Å². The Hall–Kier alpha value is -4.88. The third-order valence-corrected chi connectivity index (χ3v) is 8.78. The maximum absolute atomic E-state index is 2.41. The quantitative estimate of drug-likeness (QED) is 0.204. The summed E-state index contributed by atoms with van der Waals surface area (Å²) in [5.74, 6) is 0. The molecule has 0 unspecified atom stereocenters. The van der Waals surface area contributed by atoms with Crippen LogP contribution in [0.5, 0.6) is 0 Å². The smallest absolute Gasteiger partial charge is 0.0541 e. The van der Waals surface area contributed by atoms with Gasteiger partial charge in [0.2, 0.25) is 0 Å². The van der Waals surface area contributed by atoms with Crippen molar-refractivity contribution in [3.63, 3.8) is 0 Å². The molecule has 204 valence electrons. The van der Waals surface area contributed by atoms with Crippen molar-refractivity contribution in [2.75, 3.05) is 0 Å². The van der Waals surface area contributed by atoms with Crippen LogP contribution in [-0.2, 0) is 5.41 Å². The van der Waals surface area contributed by atoms with Gasteiger partial charge < -0.3 is 4.57 Å². The first-order valence-electron chi connectivity index (χ1n) is 14.8. The number of fused-ring (bicyclic) bond motifs is 3. The summed E-state index contributed by atoms with van der Waals surface area (Å²) in [7, 11) is 0. The van der Waals surface area contributed by atoms with E-state index in [1.165, 1.54) is 72.0 Å². The van der Waals surface area contributed by atoms with Gasteiger partial charge in [0.05, 0.1) is 11.0 Å². The Bertz CT molecular complexity index is 1930. The molecule has 0 N–H and O–H groups in total. The van der Waals surface area contributed by atoms with E-state index in [2.05, 4.69) is 172 Å². The maximum atomic E-state index is 2.41. The van der Waals surface area contributed by atoms with E-state index in [0.717, 1.165) is 0 Å². The highest BCUT2D eigenvalue weighted by Crippen LogP contribution is 2.44. The zero-order valence-corrected chi connectivity index (χ0v) is 24.7. The van der Waals surface area contributed by atoms with Gasteiger partial charge in [-0.3, -0.25) is 0 Å². The van der Waals surface area contributed by atoms with E-state index in [9.17, 15) is 0 Å². The summed E-state index contributed by atoms with van der Waals surface area (Å²) in [5, 5.41) is 2.62. The number of hydrogen-bond donors (Lipinski definition) is 0. The van der Waals surface area contributed by atoms with Crippen molar-refractivity contribution in [1.82, 2.24) is 4.57 Å². The fourth-order valence-electron chi connectivity index (χ4n) is 6.64. The predicted octanol–water partition coefficient (Wildman–Crippen LogP) is 11.1. The molecule has 0 atom stereocenters. The second kappa shape index (κ2) is 10.2. The van der Waals surface area contributed by atoms with Crippen LogP contribution in [0, 0.1) is 13.8 Å². The molecule has 42 heavy (non-hydrogen) atoms. The van der Waals surface area contributed by atoms with Crippen LogP contribution < -0.4 is 0 Å². The van der Waals surface area contributed by atoms with Crippen molar-refractivity contribution in [3.05, 3.63) is 162 Å². The van der Waals surface area contributed by atoms with Crippen LogP contribution in [0.25, 0.3) is 49.7 Å². The molecular weight excluding hydrogens is 506 g/mol. The van der Waals surface area contributed by atoms with Gasteiger partial charge in [0.15, 0.2) is 0 Å². The number of aromatic nitrogens is 1. The SMILES string of the molecule is Cc1ccc2c(c1)c1cc(C)ccc1n2-c1ccc(C(C)(C)c2c(-c3ccccc3)cccc2-c2ccccc2)cc1. The topological polar surface area (TPSA) is 4.93 Å². The molecule has 0 amide bonds. The molecule has 6 aromatic carbocycles. The average molecular weight is 542 g/mol. The molecule has 0 saturated carbocycles. The Labute approximate surface area is 248 Å². The first kappa shape index (κ1) is 26.0. The second-order valence-corrected chi connectivity index (χ2v) is 12.0. The lowest BCUT2D eigenvalue weighted by Crippen LogP contribution is -2.21. The first-order valence-corrected chi connectivity index (χ1v) is 14.8. The molecule has 1 aromatic heterocycles. The third kappa shape index (κ3) is 4.33. The fraction of sp³-hybridized carbons (Fsp3) is 0.122. The van der Waals surface area contributed by atoms with Gasteiger partial charge in [-0.25, -0.2) is 0 Å². The molecule has 1 nitrogen and oxygen atoms in total. The summed E-state index contributed by atoms with van der Waals surface area (Å²) in [5.41, 5.74) is 13.7. The van der Waals surface area contributed by atoms with Crippen molar-refractivity contribution < 1.29 is 0 Å². The van der Waals surface area contributed by atoms with E-state index in [-0.39, 0.29) is 5.41 Å². The molecule has 7 rings (SSSR count). The Morgan fingerprint density at radius 2 is 0.952 bits per heavy atom. The molecule has 1 heterocycles. The predicted molar refractivity (Wildman–Crippen MR) is 180 cm³/mol. The molecule has 0 fully saturated rings. The highest BCUT2D eigenvalue weighted by molar-refractivity contribution is 6.09. The summed E-state index contributed by atoms with van der Waals surface area (Å²) in [6, 6.07) is 51.2. The molecule has 0 saturated heterocycles. The lowest BCUT2D eigenvalue weighted by atomic mass is 9.72. The van der Waals surface area contributed by atoms with E-state index < -0.39 is 0 Å². The molecule has 0 aliphatic carbocycles. The van der Waals surface area contributed by atoms with Crippen LogP contribution in [-0.4, -0.2) is 4.57 Å². The molecule has 0 aliphatic heterocycles. The van der Waals surface area contributed by atoms with Crippen LogP contribution in [0.2, 0.25) is 0 Å². The Balaban J connectivity index is 1.40. The van der Waals surface area contributed by atoms with Crippen LogP contribution >= 0.6 is 0 Å². The van der Waals surface area contributed by atoms with Crippen molar-refractivity contribution in [1.29, 1.82) is 0 Å². The largest absolute Gasteiger partial charge is 0.309 e. The summed E-state index contributed by atoms with van der Waals surface area (Å²) in [4.78, 5) is 0. The van der Waals surface area contributed by atoms with E-state index in [4.69, 9.17) is 0 Å². The van der Waals surface area contributed by atoms with Gasteiger partial charge in [-0.2, -0.15) is 0 Å². The normalized spacial score (nSPS) is 11.8. The molecule has 0 spiro atoms. The number of rotatable bonds is 5. The minimum absolute atomic E-state index is 0.245. The lowest BCUT2D eigenvalue weighted by Gasteiger charge is -2.32. The van der Waals surface area contributed by atoms with Crippen LogP contribution in [0.3, 0.4) is 0 Å². The number of hydrogen-bond acceptors (Lipinski definition) is 0. The molecule has 0 radical (unpaired) electrons. The Kier molecular flexibility index (Phi) is 6.32. The zero-order chi connectivity index (χ0) is 28.8. The first-order chi connectivity index (χ1) is 20.4. The second-order valence-electron chi connectivity index (χ2n) is 12.0. The minimum atomic E-state index is -0.245. The standard InChI is InChI=1S/C41H35N/c1-28-18-24-38-36(26-28)37-27-29(2)19-25-39(37)42(38)33-22-20-32(21-23-33)41(3,4)40-34(30-12-7-5-8-13-30)16-11-17-35(40)31-14-9-6-10-15-31/h5-27H,1-4H3. The molecular formula is C41H35N. The monoisotopic (exact) mass is 541 g/mol. The number of benzene rings is 6. The van der Waals surface area contributed by atoms with Crippen molar-refractivity contribution in [2.45, 2.75) is 33.1 Å². The third-order valence-electron chi connectivity index (χ3n) is 8.78. The highest BCUT2D eigenvalue weighted by atomic mass is 15.0. The summed E-state index contributed by atoms with van der Waals surface area (Å²) in [6.07, 6.45) is 0. The van der Waals surface area contributed by atoms with Gasteiger partial charge in [0, 0.05) is 21.9 Å². The van der Waals surface area contributed by atoms with E-state index in [1.807, 2.05) is 0 Å². The molecule has 1 heteroatoms. The summed E-state index contributed by atoms with van der Waals surface area (Å²) in [6.45, 7) is 9.07. The van der Waals surface area contributed by atoms with Crippen molar-refractivity contribution in [3.8, 4) is 27.9 Å². The van der Waals surface area contributed by atoms with Gasteiger partial charge in [-0.1, -0.05) is 128 Å². The molecule has 0 bridgehead atoms. The van der Waals surface area contributed by atoms with Crippen molar-refractivity contribution >= 4 is 21.8 Å². The lowest BCUT2D eigenvalue weighted by molar-refractivity contribution is 0.644. The van der Waals surface area contributed by atoms with Gasteiger partial charge in [-0.05, 0) is 83.6 Å². The van der Waals surface area contributed by atoms with Crippen LogP contribution in [0.1, 0.15) is 36.1 Å². The van der Waals surface area contributed by atoms with Crippen LogP contribution in [0.15, 0.2) is 140 Å². The number of nitrogens with zero attached hydrogens (tertiary/aromatic N) is 1. The van der Waals surface area contributed by atoms with E-state index in [0.29, 0.717) is 0 Å². The summed E-state index contributed by atoms with van der Waals surface area (Å²) < 4.78 is 2.41. The fourth-order valence-corrected chi connectivity index (χ4v) is 6.64. The average Bonchev–Trinajstić information content (AvgIpc) is 3.34. The highest BCUT2D eigenvalue weighted by Gasteiger charge is 2.30. The Morgan fingerprint density at radius 3 is 1.43 bits per heavy atom. The van der Waals surface area contributed by atoms with Gasteiger partial charge in [0.1, 0.15) is 0 Å². The number of aryl methyl sites for hydroxylation is 2. The minimum Gasteiger partial charge on any atom is -0.309 e. The van der Waals surface area contributed by atoms with Crippen LogP contribution in [0.4, 0.5) is 0 Å². The zero-order valence-electron chi connectivity index (χ0n) is 24.7. The van der Waals surface area contributed by atoms with E-state index in [1.54, 1.807) is 0 Å². The summed E-state index contributed by atoms with van der Waals surface area (Å²) >= 11 is 0. The van der Waals surface area contributed by atoms with Gasteiger partial charge in [-0.15, -0.1) is 0 Å². The van der Waals surface area contributed by atoms with E-state index >= 15 is 0 Å². The molecule has 7 aromatic rings. The molecule has 0 aliphatic rings.